The van der Waals surface area contributed by atoms with Gasteiger partial charge in [0, 0.05) is 33.2 Å². The third-order valence-electron chi connectivity index (χ3n) is 6.98. The third-order valence-corrected chi connectivity index (χ3v) is 9.56. The molecule has 12 heteroatoms. The molecule has 1 radical (unpaired) electrons. The van der Waals surface area contributed by atoms with Crippen molar-refractivity contribution in [3.05, 3.63) is 118 Å². The zero-order valence-electron chi connectivity index (χ0n) is 24.4. The molecular formula is C33H21Al2N6O4. The third kappa shape index (κ3) is 6.10. The normalized spacial score (nSPS) is 10.6. The highest BCUT2D eigenvalue weighted by Crippen LogP contribution is 2.35. The molecule has 0 N–H and O–H groups in total. The molecule has 0 spiro atoms. The quantitative estimate of drug-likeness (QED) is 0.129. The maximum absolute atomic E-state index is 9.57. The number of nitriles is 1. The second-order valence-corrected chi connectivity index (χ2v) is 12.6. The summed E-state index contributed by atoms with van der Waals surface area (Å²) in [7, 11) is 0. The summed E-state index contributed by atoms with van der Waals surface area (Å²) in [6.45, 7) is 20.8. The molecule has 0 aliphatic heterocycles. The molecule has 0 saturated heterocycles. The maximum Gasteiger partial charge on any atom is 1.07 e. The first-order chi connectivity index (χ1) is 21.9. The molecule has 0 saturated carbocycles. The number of hydrogen-bond acceptors (Lipinski definition) is 8. The molecule has 0 aliphatic carbocycles. The molecule has 0 unspecified atom stereocenters. The molecule has 6 aromatic rings. The van der Waals surface area contributed by atoms with Crippen molar-refractivity contribution in [2.45, 2.75) is 20.8 Å². The van der Waals surface area contributed by atoms with Crippen molar-refractivity contribution in [2.75, 3.05) is 0 Å². The second kappa shape index (κ2) is 12.8. The summed E-state index contributed by atoms with van der Waals surface area (Å²) in [5, 5.41) is 11.6. The largest absolute Gasteiger partial charge is 1.07 e. The summed E-state index contributed by atoms with van der Waals surface area (Å²) in [6.07, 6.45) is 0. The summed E-state index contributed by atoms with van der Waals surface area (Å²) in [5.74, 6) is 1.29. The molecule has 3 aromatic heterocycles. The minimum Gasteiger partial charge on any atom is -0.626 e. The first kappa shape index (κ1) is 29.8. The van der Waals surface area contributed by atoms with Gasteiger partial charge < -0.3 is 14.2 Å². The minimum atomic E-state index is -3.11. The van der Waals surface area contributed by atoms with E-state index in [9.17, 15) is 5.26 Å². The van der Waals surface area contributed by atoms with Gasteiger partial charge in [0.05, 0.1) is 35.8 Å². The van der Waals surface area contributed by atoms with E-state index >= 15 is 0 Å². The Kier molecular flexibility index (Phi) is 8.48. The average molecular weight is 620 g/mol. The Labute approximate surface area is 270 Å². The molecule has 213 valence electrons. The van der Waals surface area contributed by atoms with Gasteiger partial charge in [-0.25, -0.2) is 14.7 Å². The predicted molar refractivity (Wildman–Crippen MR) is 171 cm³/mol. The van der Waals surface area contributed by atoms with Crippen LogP contribution >= 0.6 is 0 Å². The number of rotatable bonds is 8. The molecule has 45 heavy (non-hydrogen) atoms. The van der Waals surface area contributed by atoms with Crippen LogP contribution in [0.2, 0.25) is 0 Å². The Bertz CT molecular complexity index is 2150. The van der Waals surface area contributed by atoms with E-state index in [1.807, 2.05) is 57.2 Å². The van der Waals surface area contributed by atoms with Gasteiger partial charge in [-0.05, 0) is 69.3 Å². The van der Waals surface area contributed by atoms with Gasteiger partial charge in [-0.15, -0.1) is 0 Å². The Morgan fingerprint density at radius 2 is 1.11 bits per heavy atom. The van der Waals surface area contributed by atoms with Crippen molar-refractivity contribution < 1.29 is 14.2 Å². The van der Waals surface area contributed by atoms with Gasteiger partial charge in [0.1, 0.15) is 22.8 Å². The Hall–Kier alpha value is -5.22. The molecule has 3 heterocycles. The van der Waals surface area contributed by atoms with E-state index < -0.39 is 31.0 Å². The summed E-state index contributed by atoms with van der Waals surface area (Å²) in [5.41, 5.74) is 5.31. The topological polar surface area (TPSA) is 108 Å². The van der Waals surface area contributed by atoms with E-state index in [4.69, 9.17) is 27.3 Å². The van der Waals surface area contributed by atoms with E-state index in [1.54, 1.807) is 36.4 Å². The lowest BCUT2D eigenvalue weighted by Crippen LogP contribution is -2.36. The lowest BCUT2D eigenvalue weighted by Gasteiger charge is -2.19. The van der Waals surface area contributed by atoms with E-state index in [0.717, 1.165) is 17.1 Å². The average Bonchev–Trinajstić information content (AvgIpc) is 3.05. The first-order valence-corrected chi connectivity index (χ1v) is 16.1. The van der Waals surface area contributed by atoms with Crippen LogP contribution in [0.25, 0.3) is 42.4 Å². The number of aryl methyl sites for hydroxylation is 3. The lowest BCUT2D eigenvalue weighted by molar-refractivity contribution is 0.297. The highest BCUT2D eigenvalue weighted by Gasteiger charge is 2.41. The van der Waals surface area contributed by atoms with Crippen molar-refractivity contribution in [2.24, 2.45) is 0 Å². The summed E-state index contributed by atoms with van der Waals surface area (Å²) in [6, 6.07) is 23.4. The van der Waals surface area contributed by atoms with Crippen LogP contribution < -0.4 is 11.4 Å². The van der Waals surface area contributed by atoms with Gasteiger partial charge >= 0.3 is 31.0 Å². The molecule has 0 amide bonds. The zero-order valence-corrected chi connectivity index (χ0v) is 26.7. The van der Waals surface area contributed by atoms with E-state index in [0.29, 0.717) is 66.9 Å². The molecule has 0 atom stereocenters. The van der Waals surface area contributed by atoms with Gasteiger partial charge in [-0.3, -0.25) is 9.97 Å². The summed E-state index contributed by atoms with van der Waals surface area (Å²) in [4.78, 5) is 21.2. The van der Waals surface area contributed by atoms with Crippen LogP contribution in [0.3, 0.4) is 0 Å². The van der Waals surface area contributed by atoms with Gasteiger partial charge in [0.25, 0.3) is 0 Å². The van der Waals surface area contributed by atoms with Gasteiger partial charge in [-0.2, -0.15) is 5.26 Å². The highest BCUT2D eigenvalue weighted by molar-refractivity contribution is 6.47. The van der Waals surface area contributed by atoms with Crippen LogP contribution in [0.5, 0.6) is 17.2 Å². The van der Waals surface area contributed by atoms with Crippen molar-refractivity contribution >= 4 is 75.1 Å². The fourth-order valence-electron chi connectivity index (χ4n) is 4.83. The van der Waals surface area contributed by atoms with Gasteiger partial charge in [-0.1, -0.05) is 24.3 Å². The first-order valence-electron chi connectivity index (χ1n) is 13.7. The smallest absolute Gasteiger partial charge is 0.626 e. The molecule has 6 rings (SSSR count). The van der Waals surface area contributed by atoms with Crippen LogP contribution in [0, 0.1) is 45.2 Å². The van der Waals surface area contributed by atoms with Crippen LogP contribution in [0.15, 0.2) is 72.8 Å². The van der Waals surface area contributed by atoms with E-state index in [-0.39, 0.29) is 0 Å². The predicted octanol–water partition coefficient (Wildman–Crippen LogP) is 7.30. The number of pyridine rings is 3. The number of hydrogen-bond donors (Lipinski definition) is 0. The second-order valence-electron chi connectivity index (χ2n) is 10.0. The molecular weight excluding hydrogens is 598 g/mol. The molecule has 10 nitrogen and oxygen atoms in total. The summed E-state index contributed by atoms with van der Waals surface area (Å²) < 4.78 is 25.2. The Morgan fingerprint density at radius 1 is 0.644 bits per heavy atom. The Morgan fingerprint density at radius 3 is 1.60 bits per heavy atom. The monoisotopic (exact) mass is 619 g/mol. The number of aromatic nitrogens is 3. The summed E-state index contributed by atoms with van der Waals surface area (Å²) >= 11 is -4.27. The lowest BCUT2D eigenvalue weighted by atomic mass is 10.1. The van der Waals surface area contributed by atoms with Gasteiger partial charge in [0.2, 0.25) is 0 Å². The molecule has 0 bridgehead atoms. The number of nitrogens with zero attached hydrogens (tertiary/aromatic N) is 6. The maximum atomic E-state index is 9.57. The van der Waals surface area contributed by atoms with Gasteiger partial charge in [0.15, 0.2) is 11.4 Å². The fourth-order valence-corrected chi connectivity index (χ4v) is 7.00. The molecule has 0 aliphatic rings. The van der Waals surface area contributed by atoms with Crippen molar-refractivity contribution in [1.82, 2.24) is 15.0 Å². The van der Waals surface area contributed by atoms with E-state index in [1.165, 1.54) is 0 Å². The standard InChI is InChI=1S/3C11H8N2O.2Al.O/c2*1-7-3-4-8-9(12-2)5-6-10(14)11(8)13-7;1-7-2-4-9-8(6-12)3-5-10(14)11(9)13-7;;;/h2*3-6,14H,1H3;2-5,14H,1H3;;;/q;;;+1;+2;/p-3. The number of benzene rings is 3. The Balaban J connectivity index is 1.36. The zero-order chi connectivity index (χ0) is 31.5. The minimum absolute atomic E-state index is 0.407. The van der Waals surface area contributed by atoms with Crippen molar-refractivity contribution in [3.63, 3.8) is 0 Å². The van der Waals surface area contributed by atoms with E-state index in [2.05, 4.69) is 30.7 Å². The van der Waals surface area contributed by atoms with Crippen molar-refractivity contribution in [1.29, 1.82) is 5.26 Å². The number of fused-ring (bicyclic) bond motifs is 3. The van der Waals surface area contributed by atoms with Crippen LogP contribution in [-0.4, -0.2) is 46.0 Å². The highest BCUT2D eigenvalue weighted by atomic mass is 27.3. The molecule has 0 fully saturated rings. The van der Waals surface area contributed by atoms with Crippen LogP contribution in [0.1, 0.15) is 22.6 Å². The SMILES string of the molecule is [C-]#[N+]c1ccc([O][Al]([O][Al][O]c2ccc(C#N)c3ccc(C)nc23)[O]c2ccc([N+]#[C-])c3ccc(C)nc23)c2nc(C)ccc12. The fraction of sp³-hybridized carbons (Fsp3) is 0.0909. The van der Waals surface area contributed by atoms with Crippen LogP contribution in [-0.2, 0) is 2.84 Å². The molecule has 3 aromatic carbocycles. The van der Waals surface area contributed by atoms with Crippen LogP contribution in [0.4, 0.5) is 11.4 Å². The van der Waals surface area contributed by atoms with Crippen molar-refractivity contribution in [3.8, 4) is 23.3 Å².